The number of fused-ring (bicyclic) bond motifs is 13. The van der Waals surface area contributed by atoms with Crippen LogP contribution in [0, 0.1) is 0 Å². The minimum absolute atomic E-state index is 0.860. The van der Waals surface area contributed by atoms with Crippen molar-refractivity contribution < 1.29 is 0 Å². The van der Waals surface area contributed by atoms with Crippen molar-refractivity contribution in [2.75, 3.05) is 0 Å². The first kappa shape index (κ1) is 67.3. The maximum atomic E-state index is 5.35. The van der Waals surface area contributed by atoms with E-state index < -0.39 is 0 Å². The molecule has 0 atom stereocenters. The molecule has 0 saturated carbocycles. The highest BCUT2D eigenvalue weighted by Gasteiger charge is 2.23. The van der Waals surface area contributed by atoms with Crippen LogP contribution in [0.1, 0.15) is 0 Å². The van der Waals surface area contributed by atoms with Crippen LogP contribution in [0.25, 0.3) is 210 Å². The number of rotatable bonds is 12. The summed E-state index contributed by atoms with van der Waals surface area (Å²) in [6.07, 6.45) is 3.85. The second kappa shape index (κ2) is 28.3. The van der Waals surface area contributed by atoms with Crippen LogP contribution in [0.15, 0.2) is 431 Å². The summed E-state index contributed by atoms with van der Waals surface area (Å²) in [7, 11) is 0. The van der Waals surface area contributed by atoms with Crippen molar-refractivity contribution in [1.82, 2.24) is 33.2 Å². The predicted octanol–water partition coefficient (Wildman–Crippen LogP) is 28.4. The second-order valence-electron chi connectivity index (χ2n) is 29.9. The van der Waals surface area contributed by atoms with Gasteiger partial charge in [-0.1, -0.05) is 297 Å². The van der Waals surface area contributed by atoms with Gasteiger partial charge >= 0.3 is 0 Å². The molecule has 16 aromatic carbocycles. The summed E-state index contributed by atoms with van der Waals surface area (Å²) in [4.78, 5) is 15.2. The first-order valence-electron chi connectivity index (χ1n) is 39.5. The average molecular weight is 1480 g/mol. The molecule has 0 aliphatic carbocycles. The molecule has 0 bridgehead atoms. The predicted molar refractivity (Wildman–Crippen MR) is 485 cm³/mol. The molecule has 0 unspecified atom stereocenters. The Labute approximate surface area is 670 Å². The molecule has 0 N–H and O–H groups in total. The number of para-hydroxylation sites is 3. The Morgan fingerprint density at radius 2 is 0.491 bits per heavy atom. The van der Waals surface area contributed by atoms with E-state index in [0.717, 1.165) is 94.9 Å². The zero-order chi connectivity index (χ0) is 76.6. The largest absolute Gasteiger partial charge is 0.309 e. The standard InChI is InChI=1S/C59H39N3.C50H32N4/c1-5-17-40(18-6-1)46-33-47(41-19-7-2-8-20-41)35-49(34-46)61-55-27-15-13-25-50(55)52-36-44(29-31-57(52)61)45-30-32-58-53(37-45)51-26-14-16-28-56(51)62(58)59-39-48(42-21-9-3-10-22-42)38-54(60-59)43-23-11-4-12-24-43;1-3-12-33(13-4-1)38-30-44(35-15-5-2-6-16-35)52-50(31-38)54-48-25-23-37(29-43(48)41-26-27-51-32-49(41)54)36-22-24-47-42(28-36)40-19-9-10-20-46(40)53(47)45-21-11-17-34-14-7-8-18-39(34)45/h1-39H;1-32H. The average Bonchev–Trinajstić information content (AvgIpc) is 1.57. The van der Waals surface area contributed by atoms with E-state index in [1.807, 2.05) is 18.5 Å². The van der Waals surface area contributed by atoms with Crippen LogP contribution in [0.3, 0.4) is 0 Å². The summed E-state index contributed by atoms with van der Waals surface area (Å²) < 4.78 is 9.45. The van der Waals surface area contributed by atoms with Gasteiger partial charge in [-0.2, -0.15) is 0 Å². The molecular weight excluding hydrogens is 1410 g/mol. The summed E-state index contributed by atoms with van der Waals surface area (Å²) >= 11 is 0. The van der Waals surface area contributed by atoms with Crippen molar-refractivity contribution in [3.8, 4) is 112 Å². The Morgan fingerprint density at radius 1 is 0.172 bits per heavy atom. The van der Waals surface area contributed by atoms with Crippen molar-refractivity contribution in [2.24, 2.45) is 0 Å². The van der Waals surface area contributed by atoms with Gasteiger partial charge in [0.05, 0.1) is 67.4 Å². The van der Waals surface area contributed by atoms with Gasteiger partial charge in [-0.05, 0) is 193 Å². The van der Waals surface area contributed by atoms with Crippen LogP contribution in [-0.2, 0) is 0 Å². The second-order valence-corrected chi connectivity index (χ2v) is 29.9. The molecule has 7 nitrogen and oxygen atoms in total. The van der Waals surface area contributed by atoms with Gasteiger partial charge in [-0.3, -0.25) is 14.1 Å². The third-order valence-electron chi connectivity index (χ3n) is 23.1. The summed E-state index contributed by atoms with van der Waals surface area (Å²) in [6, 6.07) is 150. The van der Waals surface area contributed by atoms with E-state index in [1.54, 1.807) is 0 Å². The van der Waals surface area contributed by atoms with Crippen LogP contribution in [0.4, 0.5) is 0 Å². The molecule has 0 saturated heterocycles. The molecule has 542 valence electrons. The SMILES string of the molecule is c1ccc(-c2cc(-c3ccccc3)cc(-n3c4ccccc4c4cc(-c5ccc6c(c5)c5ccccc5n6-c5cc(-c6ccccc6)cc(-c6ccccc6)n5)ccc43)c2)cc1.c1ccc(-c2cc(-c3ccccc3)nc(-n3c4ccc(-c5ccc6c(c5)c5ccccc5n6-c5cccc6ccccc56)cc4c4ccncc43)c2)cc1. The molecule has 0 spiro atoms. The van der Waals surface area contributed by atoms with Crippen molar-refractivity contribution >= 4 is 98.0 Å². The number of pyridine rings is 3. The quantitative estimate of drug-likeness (QED) is 0.122. The molecule has 0 aliphatic heterocycles. The molecule has 0 fully saturated rings. The van der Waals surface area contributed by atoms with Gasteiger partial charge in [-0.15, -0.1) is 0 Å². The van der Waals surface area contributed by atoms with Crippen molar-refractivity contribution in [1.29, 1.82) is 0 Å². The van der Waals surface area contributed by atoms with Gasteiger partial charge in [0.25, 0.3) is 0 Å². The zero-order valence-corrected chi connectivity index (χ0v) is 63.1. The Balaban J connectivity index is 0.000000142. The molecule has 116 heavy (non-hydrogen) atoms. The van der Waals surface area contributed by atoms with E-state index in [-0.39, 0.29) is 0 Å². The fraction of sp³-hybridized carbons (Fsp3) is 0. The topological polar surface area (TPSA) is 58.4 Å². The molecule has 23 aromatic rings. The van der Waals surface area contributed by atoms with Crippen molar-refractivity contribution in [2.45, 2.75) is 0 Å². The van der Waals surface area contributed by atoms with Gasteiger partial charge in [0.2, 0.25) is 0 Å². The lowest BCUT2D eigenvalue weighted by molar-refractivity contribution is 1.08. The Bertz CT molecular complexity index is 7310. The van der Waals surface area contributed by atoms with Crippen LogP contribution in [0.5, 0.6) is 0 Å². The lowest BCUT2D eigenvalue weighted by Gasteiger charge is -2.14. The number of benzene rings is 16. The van der Waals surface area contributed by atoms with Crippen molar-refractivity contribution in [3.05, 3.63) is 431 Å². The lowest BCUT2D eigenvalue weighted by atomic mass is 9.98. The van der Waals surface area contributed by atoms with Gasteiger partial charge in [0, 0.05) is 71.5 Å². The summed E-state index contributed by atoms with van der Waals surface area (Å²) in [5.74, 6) is 1.75. The molecule has 0 radical (unpaired) electrons. The monoisotopic (exact) mass is 1480 g/mol. The minimum Gasteiger partial charge on any atom is -0.309 e. The van der Waals surface area contributed by atoms with E-state index in [9.17, 15) is 0 Å². The lowest BCUT2D eigenvalue weighted by Crippen LogP contribution is -2.00. The maximum Gasteiger partial charge on any atom is 0.138 e. The Kier molecular flexibility index (Phi) is 16.4. The summed E-state index contributed by atoms with van der Waals surface area (Å²) in [5.41, 5.74) is 29.5. The number of hydrogen-bond donors (Lipinski definition) is 0. The van der Waals surface area contributed by atoms with Crippen LogP contribution in [-0.4, -0.2) is 33.2 Å². The van der Waals surface area contributed by atoms with Crippen LogP contribution >= 0.6 is 0 Å². The highest BCUT2D eigenvalue weighted by molar-refractivity contribution is 6.15. The first-order chi connectivity index (χ1) is 57.5. The third-order valence-corrected chi connectivity index (χ3v) is 23.1. The summed E-state index contributed by atoms with van der Waals surface area (Å²) in [6.45, 7) is 0. The molecule has 0 amide bonds. The van der Waals surface area contributed by atoms with Crippen LogP contribution < -0.4 is 0 Å². The van der Waals surface area contributed by atoms with Gasteiger partial charge in [0.15, 0.2) is 0 Å². The Hall–Kier alpha value is -15.6. The number of aromatic nitrogens is 7. The number of nitrogens with zero attached hydrogens (tertiary/aromatic N) is 7. The number of hydrogen-bond acceptors (Lipinski definition) is 3. The molecule has 23 rings (SSSR count). The van der Waals surface area contributed by atoms with Gasteiger partial charge in [-0.25, -0.2) is 9.97 Å². The molecular formula is C109H71N7. The van der Waals surface area contributed by atoms with Crippen LogP contribution in [0.2, 0.25) is 0 Å². The van der Waals surface area contributed by atoms with E-state index >= 15 is 0 Å². The minimum atomic E-state index is 0.860. The molecule has 0 aliphatic rings. The Morgan fingerprint density at radius 3 is 0.931 bits per heavy atom. The smallest absolute Gasteiger partial charge is 0.138 e. The van der Waals surface area contributed by atoms with E-state index in [2.05, 4.69) is 436 Å². The molecule has 7 heteroatoms. The molecule has 7 aromatic heterocycles. The van der Waals surface area contributed by atoms with E-state index in [4.69, 9.17) is 9.97 Å². The fourth-order valence-corrected chi connectivity index (χ4v) is 17.6. The highest BCUT2D eigenvalue weighted by Crippen LogP contribution is 2.44. The summed E-state index contributed by atoms with van der Waals surface area (Å²) in [5, 5.41) is 12.1. The van der Waals surface area contributed by atoms with Crippen molar-refractivity contribution in [3.63, 3.8) is 0 Å². The molecule has 7 heterocycles. The fourth-order valence-electron chi connectivity index (χ4n) is 17.6. The van der Waals surface area contributed by atoms with Gasteiger partial charge in [0.1, 0.15) is 11.6 Å². The first-order valence-corrected chi connectivity index (χ1v) is 39.5. The van der Waals surface area contributed by atoms with Gasteiger partial charge < -0.3 is 9.13 Å². The highest BCUT2D eigenvalue weighted by atomic mass is 15.1. The third kappa shape index (κ3) is 11.8. The van der Waals surface area contributed by atoms with E-state index in [0.29, 0.717) is 0 Å². The van der Waals surface area contributed by atoms with E-state index in [1.165, 1.54) is 115 Å². The maximum absolute atomic E-state index is 5.35. The zero-order valence-electron chi connectivity index (χ0n) is 63.1. The normalized spacial score (nSPS) is 11.6.